The van der Waals surface area contributed by atoms with Crippen molar-refractivity contribution in [2.24, 2.45) is 16.7 Å². The molecular formula is C68H89BN2S. The van der Waals surface area contributed by atoms with Gasteiger partial charge >= 0.3 is 0 Å². The maximum atomic E-state index is 2.93. The van der Waals surface area contributed by atoms with E-state index in [-0.39, 0.29) is 50.0 Å². The fourth-order valence-electron chi connectivity index (χ4n) is 15.4. The van der Waals surface area contributed by atoms with Crippen LogP contribution in [0.15, 0.2) is 78.9 Å². The van der Waals surface area contributed by atoms with Crippen LogP contribution in [0.4, 0.5) is 28.4 Å². The van der Waals surface area contributed by atoms with E-state index in [2.05, 4.69) is 239 Å². The normalized spacial score (nSPS) is 25.7. The van der Waals surface area contributed by atoms with Crippen molar-refractivity contribution in [1.29, 1.82) is 0 Å². The molecule has 5 aromatic rings. The predicted molar refractivity (Wildman–Crippen MR) is 317 cm³/mol. The van der Waals surface area contributed by atoms with Gasteiger partial charge in [0.2, 0.25) is 6.71 Å². The van der Waals surface area contributed by atoms with Gasteiger partial charge in [0.05, 0.1) is 5.69 Å². The zero-order valence-corrected chi connectivity index (χ0v) is 49.3. The van der Waals surface area contributed by atoms with E-state index in [1.807, 2.05) is 0 Å². The van der Waals surface area contributed by atoms with Gasteiger partial charge in [-0.05, 0) is 193 Å². The summed E-state index contributed by atoms with van der Waals surface area (Å²) in [6.45, 7) is 50.0. The molecule has 0 radical (unpaired) electrons. The molecule has 3 aliphatic carbocycles. The maximum absolute atomic E-state index is 2.93. The number of thioether (sulfide) groups is 1. The van der Waals surface area contributed by atoms with Crippen LogP contribution in [0.3, 0.4) is 0 Å². The summed E-state index contributed by atoms with van der Waals surface area (Å²) in [6, 6.07) is 33.6. The fraction of sp³-hybridized carbons (Fsp3) is 0.559. The summed E-state index contributed by atoms with van der Waals surface area (Å²) >= 11 is 2.39. The highest BCUT2D eigenvalue weighted by molar-refractivity contribution is 8.02. The standard InChI is InChI=1S/C68H89BN2S/c1-40-35-51-55-52(36-40)71(56-41(2)37-44(62(6,7)8)39-46(56)42-21-26-47-49(38-42)65(13,14)30-29-63(47,9)10)57-50(28-27-48-53(57)66(15,16)32-31-64(48,11)12)69(55)60-58(54-59(72-60)68(19,20)34-33-67(54,17)18)70(51)45-24-22-43(23-25-45)61(3,4)5/h21-28,35-39,54,58-60H,29-34H2,1-20H3. The molecule has 0 amide bonds. The van der Waals surface area contributed by atoms with Gasteiger partial charge in [0, 0.05) is 44.8 Å². The molecular weight excluding hydrogens is 888 g/mol. The van der Waals surface area contributed by atoms with Crippen molar-refractivity contribution in [3.8, 4) is 11.1 Å². The van der Waals surface area contributed by atoms with Crippen molar-refractivity contribution in [1.82, 2.24) is 0 Å². The molecule has 0 N–H and O–H groups in total. The number of fused-ring (bicyclic) bond motifs is 9. The maximum Gasteiger partial charge on any atom is 0.232 e. The molecule has 0 bridgehead atoms. The highest BCUT2D eigenvalue weighted by Crippen LogP contribution is 2.65. The van der Waals surface area contributed by atoms with Crippen LogP contribution in [0.5, 0.6) is 0 Å². The van der Waals surface area contributed by atoms with Crippen molar-refractivity contribution in [3.05, 3.63) is 123 Å². The van der Waals surface area contributed by atoms with Crippen LogP contribution in [0.1, 0.15) is 208 Å². The molecule has 6 aliphatic rings. The number of hydrogen-bond donors (Lipinski definition) is 0. The number of nitrogens with zero attached hydrogens (tertiary/aromatic N) is 2. The summed E-state index contributed by atoms with van der Waals surface area (Å²) in [6.07, 6.45) is 7.32. The SMILES string of the molecule is Cc1cc2c3c(c1)N(c1ccc(C(C)(C)C)cc1)C1C(SC4C1C(C)(C)CCC4(C)C)B3c1ccc3c(c1N2c1c(C)cc(C(C)(C)C)cc1-c1ccc2c(c1)C(C)(C)CCC2(C)C)C(C)(C)CCC3(C)C. The molecule has 2 nitrogen and oxygen atoms in total. The lowest BCUT2D eigenvalue weighted by molar-refractivity contribution is 0.0580. The Bertz CT molecular complexity index is 3040. The molecule has 4 heteroatoms. The van der Waals surface area contributed by atoms with Crippen LogP contribution in [-0.4, -0.2) is 23.2 Å². The lowest BCUT2D eigenvalue weighted by Crippen LogP contribution is -2.67. The highest BCUT2D eigenvalue weighted by atomic mass is 32.2. The monoisotopic (exact) mass is 977 g/mol. The minimum atomic E-state index is -0.0256. The van der Waals surface area contributed by atoms with Crippen molar-refractivity contribution in [3.63, 3.8) is 0 Å². The Hall–Kier alpha value is -3.89. The third-order valence-electron chi connectivity index (χ3n) is 20.3. The Labute approximate surface area is 442 Å². The number of rotatable bonds is 3. The smallest absolute Gasteiger partial charge is 0.232 e. The Morgan fingerprint density at radius 1 is 0.542 bits per heavy atom. The number of aryl methyl sites for hydroxylation is 2. The van der Waals surface area contributed by atoms with E-state index >= 15 is 0 Å². The molecule has 0 aromatic heterocycles. The average Bonchev–Trinajstić information content (AvgIpc) is 3.70. The third kappa shape index (κ3) is 7.52. The predicted octanol–water partition coefficient (Wildman–Crippen LogP) is 17.7. The van der Waals surface area contributed by atoms with Crippen molar-refractivity contribution < 1.29 is 0 Å². The van der Waals surface area contributed by atoms with Crippen LogP contribution >= 0.6 is 11.8 Å². The first-order valence-electron chi connectivity index (χ1n) is 28.2. The summed E-state index contributed by atoms with van der Waals surface area (Å²) < 4.78 is 0. The number of anilines is 5. The molecule has 3 heterocycles. The molecule has 0 spiro atoms. The summed E-state index contributed by atoms with van der Waals surface area (Å²) in [5.41, 5.74) is 25.2. The summed E-state index contributed by atoms with van der Waals surface area (Å²) in [5, 5.41) is 0.930. The van der Waals surface area contributed by atoms with Crippen LogP contribution in [0, 0.1) is 30.6 Å². The van der Waals surface area contributed by atoms with E-state index in [9.17, 15) is 0 Å². The third-order valence-corrected chi connectivity index (χ3v) is 22.3. The van der Waals surface area contributed by atoms with E-state index < -0.39 is 0 Å². The van der Waals surface area contributed by atoms with Gasteiger partial charge < -0.3 is 9.80 Å². The van der Waals surface area contributed by atoms with Gasteiger partial charge in [-0.15, -0.1) is 0 Å². The molecule has 1 saturated heterocycles. The summed E-state index contributed by atoms with van der Waals surface area (Å²) in [4.78, 5) is 5.83. The topological polar surface area (TPSA) is 6.48 Å². The van der Waals surface area contributed by atoms with Gasteiger partial charge in [0.25, 0.3) is 0 Å². The van der Waals surface area contributed by atoms with Crippen molar-refractivity contribution >= 4 is 57.8 Å². The first-order chi connectivity index (χ1) is 33.3. The molecule has 1 saturated carbocycles. The quantitative estimate of drug-likeness (QED) is 0.166. The zero-order chi connectivity index (χ0) is 52.0. The van der Waals surface area contributed by atoms with E-state index in [4.69, 9.17) is 0 Å². The van der Waals surface area contributed by atoms with Crippen LogP contribution in [0.2, 0.25) is 0 Å². The molecule has 380 valence electrons. The highest BCUT2D eigenvalue weighted by Gasteiger charge is 2.65. The van der Waals surface area contributed by atoms with E-state index in [1.165, 1.54) is 117 Å². The Kier molecular flexibility index (Phi) is 11.1. The lowest BCUT2D eigenvalue weighted by atomic mass is 9.32. The second-order valence-corrected chi connectivity index (χ2v) is 31.7. The van der Waals surface area contributed by atoms with E-state index in [0.717, 1.165) is 0 Å². The summed E-state index contributed by atoms with van der Waals surface area (Å²) in [7, 11) is 0. The Balaban J connectivity index is 1.28. The van der Waals surface area contributed by atoms with E-state index in [1.54, 1.807) is 16.6 Å². The average molecular weight is 977 g/mol. The molecule has 5 aromatic carbocycles. The molecule has 2 fully saturated rings. The second-order valence-electron chi connectivity index (χ2n) is 30.4. The molecule has 72 heavy (non-hydrogen) atoms. The fourth-order valence-corrected chi connectivity index (χ4v) is 17.8. The first-order valence-corrected chi connectivity index (χ1v) is 29.2. The molecule has 4 atom stereocenters. The Morgan fingerprint density at radius 2 is 1.11 bits per heavy atom. The largest absolute Gasteiger partial charge is 0.338 e. The number of hydrogen-bond acceptors (Lipinski definition) is 3. The molecule has 11 rings (SSSR count). The summed E-state index contributed by atoms with van der Waals surface area (Å²) in [5.74, 6) is 0.530. The minimum absolute atomic E-state index is 0.0187. The van der Waals surface area contributed by atoms with Gasteiger partial charge in [-0.1, -0.05) is 173 Å². The van der Waals surface area contributed by atoms with Crippen LogP contribution in [-0.2, 0) is 32.5 Å². The first kappa shape index (κ1) is 50.3. The molecule has 3 aliphatic heterocycles. The van der Waals surface area contributed by atoms with Crippen molar-refractivity contribution in [2.45, 2.75) is 226 Å². The molecule has 4 unspecified atom stereocenters. The van der Waals surface area contributed by atoms with Gasteiger partial charge in [-0.25, -0.2) is 0 Å². The van der Waals surface area contributed by atoms with Gasteiger partial charge in [0.1, 0.15) is 0 Å². The second kappa shape index (κ2) is 15.8. The lowest BCUT2D eigenvalue weighted by Gasteiger charge is -2.55. The van der Waals surface area contributed by atoms with Crippen LogP contribution < -0.4 is 20.7 Å². The number of benzene rings is 5. The van der Waals surface area contributed by atoms with Gasteiger partial charge in [-0.2, -0.15) is 11.8 Å². The minimum Gasteiger partial charge on any atom is -0.338 e. The van der Waals surface area contributed by atoms with Crippen molar-refractivity contribution in [2.75, 3.05) is 9.80 Å². The van der Waals surface area contributed by atoms with Crippen LogP contribution in [0.25, 0.3) is 11.1 Å². The zero-order valence-electron chi connectivity index (χ0n) is 48.4. The van der Waals surface area contributed by atoms with Gasteiger partial charge in [-0.3, -0.25) is 0 Å². The van der Waals surface area contributed by atoms with Gasteiger partial charge in [0.15, 0.2) is 0 Å². The van der Waals surface area contributed by atoms with E-state index in [0.29, 0.717) is 22.4 Å². The Morgan fingerprint density at radius 3 is 1.75 bits per heavy atom.